The Hall–Kier alpha value is -0.330. The van der Waals surface area contributed by atoms with Crippen molar-refractivity contribution in [3.05, 3.63) is 0 Å². The minimum absolute atomic E-state index is 0.487. The van der Waals surface area contributed by atoms with Gasteiger partial charge in [0, 0.05) is 12.3 Å². The molecule has 1 nitrogen and oxygen atoms in total. The number of carbonyl (C=O) groups excluding carboxylic acids is 1. The molecule has 0 aliphatic heterocycles. The summed E-state index contributed by atoms with van der Waals surface area (Å²) in [4.78, 5) is 12.1. The fourth-order valence-electron chi connectivity index (χ4n) is 6.07. The van der Waals surface area contributed by atoms with Crippen LogP contribution in [-0.4, -0.2) is 5.78 Å². The molecule has 5 saturated carbocycles. The second-order valence-electron chi connectivity index (χ2n) is 7.19. The van der Waals surface area contributed by atoms with Crippen molar-refractivity contribution in [3.63, 3.8) is 0 Å². The van der Waals surface area contributed by atoms with Crippen LogP contribution in [0.25, 0.3) is 0 Å². The average molecular weight is 218 g/mol. The number of rotatable bonds is 1. The molecule has 0 aromatic carbocycles. The van der Waals surface area contributed by atoms with Crippen molar-refractivity contribution in [2.75, 3.05) is 0 Å². The van der Waals surface area contributed by atoms with Gasteiger partial charge in [0.05, 0.1) is 0 Å². The van der Waals surface area contributed by atoms with E-state index in [1.165, 1.54) is 51.4 Å². The van der Waals surface area contributed by atoms with Crippen LogP contribution < -0.4 is 0 Å². The quantitative estimate of drug-likeness (QED) is 0.657. The molecule has 5 fully saturated rings. The lowest BCUT2D eigenvalue weighted by atomic mass is 9.46. The number of hydrogen-bond acceptors (Lipinski definition) is 1. The predicted molar refractivity (Wildman–Crippen MR) is 63.0 cm³/mol. The Balaban J connectivity index is 1.68. The first kappa shape index (κ1) is 9.67. The highest BCUT2D eigenvalue weighted by Gasteiger charge is 2.56. The van der Waals surface area contributed by atoms with Gasteiger partial charge >= 0.3 is 0 Å². The third-order valence-electron chi connectivity index (χ3n) is 6.13. The topological polar surface area (TPSA) is 17.1 Å². The summed E-state index contributed by atoms with van der Waals surface area (Å²) in [7, 11) is 0. The Labute approximate surface area is 98.0 Å². The summed E-state index contributed by atoms with van der Waals surface area (Å²) in [5, 5.41) is 0. The predicted octanol–water partition coefficient (Wildman–Crippen LogP) is 3.57. The van der Waals surface area contributed by atoms with E-state index in [-0.39, 0.29) is 0 Å². The third kappa shape index (κ3) is 1.21. The molecule has 0 amide bonds. The molecule has 5 rings (SSSR count). The molecule has 0 heterocycles. The van der Waals surface area contributed by atoms with E-state index in [1.54, 1.807) is 0 Å². The largest absolute Gasteiger partial charge is 0.299 e. The molecule has 5 aliphatic rings. The maximum Gasteiger partial charge on any atom is 0.136 e. The summed E-state index contributed by atoms with van der Waals surface area (Å²) < 4.78 is 0. The second kappa shape index (κ2) is 3.11. The van der Waals surface area contributed by atoms with Crippen LogP contribution in [0.4, 0.5) is 0 Å². The zero-order chi connectivity index (χ0) is 10.8. The highest BCUT2D eigenvalue weighted by Crippen LogP contribution is 2.64. The van der Waals surface area contributed by atoms with Gasteiger partial charge in [0.2, 0.25) is 0 Å². The Morgan fingerprint density at radius 3 is 1.94 bits per heavy atom. The fourth-order valence-corrected chi connectivity index (χ4v) is 6.07. The van der Waals surface area contributed by atoms with Crippen LogP contribution in [0.15, 0.2) is 0 Å². The van der Waals surface area contributed by atoms with E-state index in [9.17, 15) is 4.79 Å². The maximum absolute atomic E-state index is 12.1. The Kier molecular flexibility index (Phi) is 1.88. The smallest absolute Gasteiger partial charge is 0.136 e. The van der Waals surface area contributed by atoms with Crippen LogP contribution in [0.5, 0.6) is 0 Å². The lowest BCUT2D eigenvalue weighted by Gasteiger charge is -2.58. The first-order valence-electron chi connectivity index (χ1n) is 7.28. The monoisotopic (exact) mass is 218 g/mol. The molecule has 88 valence electrons. The molecule has 1 unspecified atom stereocenters. The van der Waals surface area contributed by atoms with Crippen molar-refractivity contribution in [2.24, 2.45) is 29.1 Å². The van der Waals surface area contributed by atoms with E-state index in [1.807, 2.05) is 0 Å². The van der Waals surface area contributed by atoms with Crippen molar-refractivity contribution in [1.29, 1.82) is 0 Å². The van der Waals surface area contributed by atoms with Crippen LogP contribution in [0, 0.1) is 29.1 Å². The minimum Gasteiger partial charge on any atom is -0.299 e. The lowest BCUT2D eigenvalue weighted by Crippen LogP contribution is -2.50. The van der Waals surface area contributed by atoms with E-state index < -0.39 is 0 Å². The normalized spacial score (nSPS) is 54.9. The van der Waals surface area contributed by atoms with Crippen molar-refractivity contribution < 1.29 is 4.79 Å². The van der Waals surface area contributed by atoms with E-state index in [2.05, 4.69) is 0 Å². The first-order valence-corrected chi connectivity index (χ1v) is 7.28. The average Bonchev–Trinajstić information content (AvgIpc) is 2.62. The summed E-state index contributed by atoms with van der Waals surface area (Å²) in [5.74, 6) is 4.11. The molecule has 5 aliphatic carbocycles. The van der Waals surface area contributed by atoms with Gasteiger partial charge in [-0.25, -0.2) is 0 Å². The summed E-state index contributed by atoms with van der Waals surface area (Å²) in [6.07, 6.45) is 12.0. The molecular formula is C15H22O. The fraction of sp³-hybridized carbons (Fsp3) is 0.933. The molecule has 1 atom stereocenters. The van der Waals surface area contributed by atoms with Gasteiger partial charge in [0.15, 0.2) is 0 Å². The van der Waals surface area contributed by atoms with E-state index in [4.69, 9.17) is 0 Å². The first-order chi connectivity index (χ1) is 7.75. The molecule has 0 radical (unpaired) electrons. The van der Waals surface area contributed by atoms with Gasteiger partial charge in [-0.15, -0.1) is 0 Å². The molecule has 0 spiro atoms. The highest BCUT2D eigenvalue weighted by atomic mass is 16.1. The van der Waals surface area contributed by atoms with E-state index in [0.29, 0.717) is 17.1 Å². The second-order valence-corrected chi connectivity index (χ2v) is 7.19. The van der Waals surface area contributed by atoms with Crippen LogP contribution in [-0.2, 0) is 4.79 Å². The minimum atomic E-state index is 0.487. The van der Waals surface area contributed by atoms with Gasteiger partial charge in [-0.2, -0.15) is 0 Å². The Bertz CT molecular complexity index is 295. The van der Waals surface area contributed by atoms with Crippen molar-refractivity contribution in [2.45, 2.75) is 57.8 Å². The van der Waals surface area contributed by atoms with Gasteiger partial charge in [0.25, 0.3) is 0 Å². The molecule has 4 bridgehead atoms. The maximum atomic E-state index is 12.1. The van der Waals surface area contributed by atoms with Gasteiger partial charge in [0.1, 0.15) is 5.78 Å². The third-order valence-corrected chi connectivity index (χ3v) is 6.13. The Morgan fingerprint density at radius 1 is 0.938 bits per heavy atom. The molecule has 16 heavy (non-hydrogen) atoms. The number of Topliss-reactive ketones (excluding diaryl/α,β-unsaturated/α-hetero) is 1. The van der Waals surface area contributed by atoms with Crippen LogP contribution in [0.1, 0.15) is 57.8 Å². The molecule has 1 heteroatoms. The van der Waals surface area contributed by atoms with Crippen LogP contribution in [0.3, 0.4) is 0 Å². The lowest BCUT2D eigenvalue weighted by molar-refractivity contribution is -0.135. The Morgan fingerprint density at radius 2 is 1.50 bits per heavy atom. The van der Waals surface area contributed by atoms with Crippen molar-refractivity contribution in [1.82, 2.24) is 0 Å². The number of hydrogen-bond donors (Lipinski definition) is 0. The molecule has 0 aromatic rings. The zero-order valence-electron chi connectivity index (χ0n) is 10.1. The summed E-state index contributed by atoms with van der Waals surface area (Å²) >= 11 is 0. The summed E-state index contributed by atoms with van der Waals surface area (Å²) in [6, 6.07) is 0. The number of ketones is 1. The van der Waals surface area contributed by atoms with Crippen LogP contribution >= 0.6 is 0 Å². The van der Waals surface area contributed by atoms with E-state index in [0.717, 1.165) is 24.2 Å². The molecule has 0 saturated heterocycles. The summed E-state index contributed by atoms with van der Waals surface area (Å²) in [5.41, 5.74) is 0.502. The summed E-state index contributed by atoms with van der Waals surface area (Å²) in [6.45, 7) is 0. The molecular weight excluding hydrogens is 196 g/mol. The van der Waals surface area contributed by atoms with Gasteiger partial charge < -0.3 is 0 Å². The van der Waals surface area contributed by atoms with Gasteiger partial charge in [-0.3, -0.25) is 4.79 Å². The van der Waals surface area contributed by atoms with Gasteiger partial charge in [-0.1, -0.05) is 0 Å². The molecule has 0 N–H and O–H groups in total. The molecule has 0 aromatic heterocycles. The van der Waals surface area contributed by atoms with E-state index >= 15 is 0 Å². The highest BCUT2D eigenvalue weighted by molar-refractivity contribution is 5.83. The SMILES string of the molecule is O=C1CCCC1C12CC3CC(CC(C3)C1)C2. The van der Waals surface area contributed by atoms with Crippen molar-refractivity contribution >= 4 is 5.78 Å². The van der Waals surface area contributed by atoms with Gasteiger partial charge in [-0.05, 0) is 74.5 Å². The van der Waals surface area contributed by atoms with Crippen LogP contribution in [0.2, 0.25) is 0 Å². The zero-order valence-corrected chi connectivity index (χ0v) is 10.1. The number of carbonyl (C=O) groups is 1. The standard InChI is InChI=1S/C15H22O/c16-14-3-1-2-13(14)15-7-10-4-11(8-15)6-12(5-10)9-15/h10-13H,1-9H2. The van der Waals surface area contributed by atoms with Crippen molar-refractivity contribution in [3.8, 4) is 0 Å².